The van der Waals surface area contributed by atoms with Crippen molar-refractivity contribution in [2.45, 2.75) is 56.0 Å². The fourth-order valence-electron chi connectivity index (χ4n) is 5.04. The van der Waals surface area contributed by atoms with Crippen molar-refractivity contribution in [2.75, 3.05) is 51.6 Å². The lowest BCUT2D eigenvalue weighted by Crippen LogP contribution is -2.33. The third-order valence-electron chi connectivity index (χ3n) is 7.47. The maximum absolute atomic E-state index is 10.2. The molecule has 20 nitrogen and oxygen atoms in total. The first-order chi connectivity index (χ1) is 23.6. The monoisotopic (exact) mass is 684 g/mol. The van der Waals surface area contributed by atoms with Gasteiger partial charge >= 0.3 is 0 Å². The summed E-state index contributed by atoms with van der Waals surface area (Å²) in [5.74, 6) is 11.6. The van der Waals surface area contributed by atoms with E-state index >= 15 is 0 Å². The van der Waals surface area contributed by atoms with Crippen molar-refractivity contribution in [3.63, 3.8) is 0 Å². The maximum Gasteiger partial charge on any atom is 0.209 e. The number of methoxy groups -OCH3 is 1. The Kier molecular flexibility index (Phi) is 11.5. The van der Waals surface area contributed by atoms with Crippen molar-refractivity contribution in [1.29, 1.82) is 0 Å². The summed E-state index contributed by atoms with van der Waals surface area (Å²) in [6, 6.07) is 0. The van der Waals surface area contributed by atoms with Gasteiger partial charge in [-0.15, -0.1) is 0 Å². The predicted octanol–water partition coefficient (Wildman–Crippen LogP) is -3.57. The van der Waals surface area contributed by atoms with E-state index in [0.29, 0.717) is 28.9 Å². The van der Waals surface area contributed by atoms with Crippen LogP contribution in [0.15, 0.2) is 12.7 Å². The van der Waals surface area contributed by atoms with Gasteiger partial charge in [0.05, 0.1) is 25.9 Å². The SMILES string of the molecule is CCOCC#Cc1nc(N)c2ncn([C@@H]3O[C@H](CO)[C@@H](O)[C@H]3O)c2n1.COCC#Cc1nc(N)c2ncn([C@@H]3O[C@H](CO)[C@@H](O)[C@H]3O)c2n1. The van der Waals surface area contributed by atoms with Crippen LogP contribution < -0.4 is 11.5 Å². The molecule has 49 heavy (non-hydrogen) atoms. The second kappa shape index (κ2) is 15.8. The van der Waals surface area contributed by atoms with Crippen LogP contribution in [0.1, 0.15) is 31.0 Å². The topological polar surface area (TPSA) is 298 Å². The summed E-state index contributed by atoms with van der Waals surface area (Å²) in [5.41, 5.74) is 13.0. The van der Waals surface area contributed by atoms with Gasteiger partial charge in [-0.2, -0.15) is 0 Å². The summed E-state index contributed by atoms with van der Waals surface area (Å²) in [5, 5.41) is 58.5. The zero-order valence-electron chi connectivity index (χ0n) is 26.4. The molecular formula is C29H36N10O10. The molecule has 0 unspecified atom stereocenters. The molecule has 8 atom stereocenters. The van der Waals surface area contributed by atoms with E-state index in [-0.39, 0.29) is 36.5 Å². The summed E-state index contributed by atoms with van der Waals surface area (Å²) in [6.45, 7) is 2.02. The molecule has 0 aromatic carbocycles. The summed E-state index contributed by atoms with van der Waals surface area (Å²) in [4.78, 5) is 24.9. The second-order valence-electron chi connectivity index (χ2n) is 10.6. The van der Waals surface area contributed by atoms with Crippen molar-refractivity contribution >= 4 is 34.0 Å². The first-order valence-corrected chi connectivity index (χ1v) is 14.9. The lowest BCUT2D eigenvalue weighted by Gasteiger charge is -2.16. The van der Waals surface area contributed by atoms with Gasteiger partial charge in [0.2, 0.25) is 11.6 Å². The van der Waals surface area contributed by atoms with E-state index in [1.54, 1.807) is 0 Å². The lowest BCUT2D eigenvalue weighted by atomic mass is 10.1. The number of rotatable bonds is 7. The van der Waals surface area contributed by atoms with Crippen LogP contribution in [0.25, 0.3) is 22.3 Å². The fourth-order valence-corrected chi connectivity index (χ4v) is 5.04. The van der Waals surface area contributed by atoms with Crippen LogP contribution in [-0.4, -0.2) is 146 Å². The minimum Gasteiger partial charge on any atom is -0.394 e. The molecule has 0 aliphatic carbocycles. The molecule has 20 heteroatoms. The molecule has 4 aromatic heterocycles. The molecular weight excluding hydrogens is 648 g/mol. The van der Waals surface area contributed by atoms with Gasteiger partial charge in [0, 0.05) is 13.7 Å². The highest BCUT2D eigenvalue weighted by atomic mass is 16.6. The number of nitrogens with two attached hydrogens (primary N) is 2. The van der Waals surface area contributed by atoms with E-state index < -0.39 is 62.3 Å². The number of nitrogens with zero attached hydrogens (tertiary/aromatic N) is 8. The van der Waals surface area contributed by atoms with Gasteiger partial charge in [-0.3, -0.25) is 9.13 Å². The van der Waals surface area contributed by atoms with Gasteiger partial charge in [-0.25, -0.2) is 29.9 Å². The van der Waals surface area contributed by atoms with E-state index in [2.05, 4.69) is 53.6 Å². The molecule has 2 saturated heterocycles. The third-order valence-corrected chi connectivity index (χ3v) is 7.47. The Labute approximate surface area is 278 Å². The number of hydrogen-bond acceptors (Lipinski definition) is 18. The number of fused-ring (bicyclic) bond motifs is 2. The molecule has 0 radical (unpaired) electrons. The molecule has 0 spiro atoms. The highest BCUT2D eigenvalue weighted by molar-refractivity contribution is 5.82. The summed E-state index contributed by atoms with van der Waals surface area (Å²) in [7, 11) is 1.52. The Hall–Kier alpha value is -4.58. The Bertz CT molecular complexity index is 1880. The fraction of sp³-hybridized carbons (Fsp3) is 0.517. The lowest BCUT2D eigenvalue weighted by molar-refractivity contribution is -0.0511. The van der Waals surface area contributed by atoms with Crippen LogP contribution >= 0.6 is 0 Å². The smallest absolute Gasteiger partial charge is 0.209 e. The Morgan fingerprint density at radius 2 is 1.18 bits per heavy atom. The van der Waals surface area contributed by atoms with Crippen LogP contribution in [0.4, 0.5) is 11.6 Å². The number of anilines is 2. The predicted molar refractivity (Wildman–Crippen MR) is 168 cm³/mol. The number of nitrogen functional groups attached to an aromatic ring is 2. The Balaban J connectivity index is 0.000000191. The first-order valence-electron chi connectivity index (χ1n) is 14.9. The molecule has 6 heterocycles. The minimum atomic E-state index is -1.25. The average molecular weight is 685 g/mol. The highest BCUT2D eigenvalue weighted by Gasteiger charge is 2.45. The van der Waals surface area contributed by atoms with Gasteiger partial charge < -0.3 is 61.1 Å². The van der Waals surface area contributed by atoms with Crippen LogP contribution in [0.3, 0.4) is 0 Å². The summed E-state index contributed by atoms with van der Waals surface area (Å²) < 4.78 is 23.8. The number of ether oxygens (including phenoxy) is 4. The van der Waals surface area contributed by atoms with E-state index in [0.717, 1.165) is 0 Å². The molecule has 0 amide bonds. The van der Waals surface area contributed by atoms with Crippen LogP contribution in [0.2, 0.25) is 0 Å². The standard InChI is InChI=1S/C15H19N5O5.C14H17N5O5/c1-2-24-5-3-4-9-18-13(16)10-14(19-9)20(7-17-10)15-12(23)11(22)8(6-21)25-15;1-23-4-2-3-8-17-12(15)9-13(18-8)19(6-16-9)14-11(22)10(21)7(5-20)24-14/h7-8,11-12,15,21-23H,2,5-6H2,1H3,(H2,16,18,19);6-7,10-11,14,20-22H,4-5H2,1H3,(H2,15,17,18)/t8-,11-,12-,15-;7-,10-,11-,14-/m11/s1. The molecule has 2 fully saturated rings. The molecule has 2 aliphatic rings. The number of imidazole rings is 2. The molecule has 6 rings (SSSR count). The van der Waals surface area contributed by atoms with E-state index in [1.165, 1.54) is 28.9 Å². The average Bonchev–Trinajstić information content (AvgIpc) is 3.85. The third kappa shape index (κ3) is 7.39. The number of aliphatic hydroxyl groups excluding tert-OH is 6. The maximum atomic E-state index is 10.2. The van der Waals surface area contributed by atoms with Crippen molar-refractivity contribution in [3.05, 3.63) is 24.3 Å². The van der Waals surface area contributed by atoms with Crippen molar-refractivity contribution < 1.29 is 49.6 Å². The molecule has 2 aliphatic heterocycles. The zero-order valence-corrected chi connectivity index (χ0v) is 26.4. The number of aliphatic hydroxyl groups is 6. The summed E-state index contributed by atoms with van der Waals surface area (Å²) >= 11 is 0. The first kappa shape index (κ1) is 35.7. The van der Waals surface area contributed by atoms with Crippen molar-refractivity contribution in [2.24, 2.45) is 0 Å². The second-order valence-corrected chi connectivity index (χ2v) is 10.6. The van der Waals surface area contributed by atoms with Crippen LogP contribution in [-0.2, 0) is 18.9 Å². The Morgan fingerprint density at radius 3 is 1.57 bits per heavy atom. The van der Waals surface area contributed by atoms with Gasteiger partial charge in [0.15, 0.2) is 35.4 Å². The molecule has 0 bridgehead atoms. The quantitative estimate of drug-likeness (QED) is 0.0689. The number of aromatic nitrogens is 8. The van der Waals surface area contributed by atoms with E-state index in [4.69, 9.17) is 30.4 Å². The van der Waals surface area contributed by atoms with Gasteiger partial charge in [0.25, 0.3) is 0 Å². The number of hydrogen-bond donors (Lipinski definition) is 8. The molecule has 10 N–H and O–H groups in total. The normalized spacial score (nSPS) is 26.2. The largest absolute Gasteiger partial charge is 0.394 e. The molecule has 4 aromatic rings. The van der Waals surface area contributed by atoms with E-state index in [1.807, 2.05) is 6.92 Å². The van der Waals surface area contributed by atoms with E-state index in [9.17, 15) is 30.6 Å². The molecule has 262 valence electrons. The van der Waals surface area contributed by atoms with Gasteiger partial charge in [-0.1, -0.05) is 11.8 Å². The Morgan fingerprint density at radius 1 is 0.735 bits per heavy atom. The highest BCUT2D eigenvalue weighted by Crippen LogP contribution is 2.33. The van der Waals surface area contributed by atoms with Crippen molar-refractivity contribution in [3.8, 4) is 23.7 Å². The van der Waals surface area contributed by atoms with Crippen LogP contribution in [0, 0.1) is 23.7 Å². The summed E-state index contributed by atoms with van der Waals surface area (Å²) in [6.07, 6.45) is -5.92. The van der Waals surface area contributed by atoms with Crippen molar-refractivity contribution in [1.82, 2.24) is 39.0 Å². The van der Waals surface area contributed by atoms with Gasteiger partial charge in [0.1, 0.15) is 60.9 Å². The molecule has 0 saturated carbocycles. The van der Waals surface area contributed by atoms with Crippen LogP contribution in [0.5, 0.6) is 0 Å². The van der Waals surface area contributed by atoms with Gasteiger partial charge in [-0.05, 0) is 18.8 Å². The zero-order chi connectivity index (χ0) is 35.2. The minimum absolute atomic E-state index is 0.132.